The van der Waals surface area contributed by atoms with Gasteiger partial charge in [0.1, 0.15) is 5.82 Å². The second-order valence-electron chi connectivity index (χ2n) is 5.41. The number of halogens is 1. The second-order valence-corrected chi connectivity index (χ2v) is 5.41. The normalized spacial score (nSPS) is 20.1. The van der Waals surface area contributed by atoms with E-state index in [0.29, 0.717) is 24.3 Å². The van der Waals surface area contributed by atoms with Gasteiger partial charge in [0.05, 0.1) is 24.3 Å². The first-order valence-corrected chi connectivity index (χ1v) is 6.75. The van der Waals surface area contributed by atoms with Crippen LogP contribution in [0.3, 0.4) is 0 Å². The number of ether oxygens (including phenoxy) is 1. The summed E-state index contributed by atoms with van der Waals surface area (Å²) in [6.07, 6.45) is 0.154. The minimum absolute atomic E-state index is 0.154. The van der Waals surface area contributed by atoms with E-state index in [4.69, 9.17) is 10.00 Å². The smallest absolute Gasteiger partial charge is 0.127 e. The van der Waals surface area contributed by atoms with Gasteiger partial charge in [0.2, 0.25) is 0 Å². The van der Waals surface area contributed by atoms with Crippen molar-refractivity contribution in [1.29, 1.82) is 5.26 Å². The molecule has 1 fully saturated rings. The molecule has 1 aliphatic heterocycles. The summed E-state index contributed by atoms with van der Waals surface area (Å²) in [6, 6.07) is 6.55. The molecule has 1 aromatic carbocycles. The van der Waals surface area contributed by atoms with Crippen LogP contribution in [-0.2, 0) is 11.3 Å². The maximum absolute atomic E-state index is 13.8. The first-order chi connectivity index (χ1) is 9.58. The molecule has 2 rings (SSSR count). The fourth-order valence-electron chi connectivity index (χ4n) is 2.45. The van der Waals surface area contributed by atoms with E-state index in [1.54, 1.807) is 6.07 Å². The molecule has 1 saturated heterocycles. The lowest BCUT2D eigenvalue weighted by Crippen LogP contribution is -2.46. The predicted octanol–water partition coefficient (Wildman–Crippen LogP) is 1.46. The van der Waals surface area contributed by atoms with Crippen molar-refractivity contribution >= 4 is 0 Å². The zero-order valence-corrected chi connectivity index (χ0v) is 12.0. The molecule has 0 aromatic heterocycles. The lowest BCUT2D eigenvalue weighted by atomic mass is 10.1. The minimum atomic E-state index is -0.250. The van der Waals surface area contributed by atoms with Gasteiger partial charge in [-0.15, -0.1) is 0 Å². The SMILES string of the molecule is CN(C)CC1CN(Cc2cc(C#N)ccc2F)CCO1. The third-order valence-electron chi connectivity index (χ3n) is 3.36. The molecule has 1 aliphatic rings. The average molecular weight is 277 g/mol. The van der Waals surface area contributed by atoms with Gasteiger partial charge in [-0.05, 0) is 32.3 Å². The molecule has 5 heteroatoms. The summed E-state index contributed by atoms with van der Waals surface area (Å²) >= 11 is 0. The monoisotopic (exact) mass is 277 g/mol. The predicted molar refractivity (Wildman–Crippen MR) is 74.7 cm³/mol. The van der Waals surface area contributed by atoms with Crippen molar-refractivity contribution in [3.63, 3.8) is 0 Å². The van der Waals surface area contributed by atoms with Crippen molar-refractivity contribution in [1.82, 2.24) is 9.80 Å². The van der Waals surface area contributed by atoms with E-state index in [1.165, 1.54) is 12.1 Å². The van der Waals surface area contributed by atoms with Gasteiger partial charge in [-0.2, -0.15) is 5.26 Å². The maximum atomic E-state index is 13.8. The molecule has 0 saturated carbocycles. The lowest BCUT2D eigenvalue weighted by Gasteiger charge is -2.34. The Balaban J connectivity index is 2.01. The van der Waals surface area contributed by atoms with Gasteiger partial charge < -0.3 is 9.64 Å². The molecule has 0 bridgehead atoms. The van der Waals surface area contributed by atoms with Crippen molar-refractivity contribution in [3.8, 4) is 6.07 Å². The number of hydrogen-bond acceptors (Lipinski definition) is 4. The van der Waals surface area contributed by atoms with Crippen LogP contribution >= 0.6 is 0 Å². The third-order valence-corrected chi connectivity index (χ3v) is 3.36. The average Bonchev–Trinajstić information content (AvgIpc) is 2.41. The fraction of sp³-hybridized carbons (Fsp3) is 0.533. The van der Waals surface area contributed by atoms with Crippen molar-refractivity contribution in [2.45, 2.75) is 12.6 Å². The Morgan fingerprint density at radius 1 is 1.50 bits per heavy atom. The highest BCUT2D eigenvalue weighted by atomic mass is 19.1. The van der Waals surface area contributed by atoms with Crippen LogP contribution in [0.5, 0.6) is 0 Å². The zero-order valence-electron chi connectivity index (χ0n) is 12.0. The van der Waals surface area contributed by atoms with E-state index >= 15 is 0 Å². The molecular formula is C15H20FN3O. The van der Waals surface area contributed by atoms with Crippen LogP contribution in [-0.4, -0.2) is 56.2 Å². The van der Waals surface area contributed by atoms with E-state index in [1.807, 2.05) is 14.1 Å². The van der Waals surface area contributed by atoms with Crippen molar-refractivity contribution in [2.24, 2.45) is 0 Å². The Morgan fingerprint density at radius 2 is 2.30 bits per heavy atom. The van der Waals surface area contributed by atoms with Gasteiger partial charge in [-0.1, -0.05) is 0 Å². The Morgan fingerprint density at radius 3 is 3.00 bits per heavy atom. The van der Waals surface area contributed by atoms with Crippen molar-refractivity contribution < 1.29 is 9.13 Å². The van der Waals surface area contributed by atoms with E-state index in [0.717, 1.165) is 19.6 Å². The van der Waals surface area contributed by atoms with Gasteiger partial charge in [-0.3, -0.25) is 4.90 Å². The molecular weight excluding hydrogens is 257 g/mol. The van der Waals surface area contributed by atoms with Crippen LogP contribution in [0.4, 0.5) is 4.39 Å². The number of rotatable bonds is 4. The number of morpholine rings is 1. The summed E-state index contributed by atoms with van der Waals surface area (Å²) in [5.74, 6) is -0.250. The first-order valence-electron chi connectivity index (χ1n) is 6.75. The Kier molecular flexibility index (Phi) is 5.07. The number of hydrogen-bond donors (Lipinski definition) is 0. The highest BCUT2D eigenvalue weighted by Crippen LogP contribution is 2.15. The van der Waals surface area contributed by atoms with Gasteiger partial charge in [0.25, 0.3) is 0 Å². The molecule has 0 amide bonds. The standard InChI is InChI=1S/C15H20FN3O/c1-18(2)10-14-11-19(5-6-20-14)9-13-7-12(8-17)3-4-15(13)16/h3-4,7,14H,5-6,9-11H2,1-2H3. The maximum Gasteiger partial charge on any atom is 0.127 e. The summed E-state index contributed by atoms with van der Waals surface area (Å²) in [7, 11) is 4.02. The summed E-state index contributed by atoms with van der Waals surface area (Å²) in [6.45, 7) is 3.62. The van der Waals surface area contributed by atoms with Crippen LogP contribution in [0.1, 0.15) is 11.1 Å². The summed E-state index contributed by atoms with van der Waals surface area (Å²) in [4.78, 5) is 4.27. The molecule has 1 heterocycles. The highest BCUT2D eigenvalue weighted by Gasteiger charge is 2.21. The summed E-state index contributed by atoms with van der Waals surface area (Å²) < 4.78 is 19.5. The Bertz CT molecular complexity index is 498. The molecule has 0 N–H and O–H groups in total. The van der Waals surface area contributed by atoms with Gasteiger partial charge in [-0.25, -0.2) is 4.39 Å². The quantitative estimate of drug-likeness (QED) is 0.835. The number of benzene rings is 1. The molecule has 0 spiro atoms. The summed E-state index contributed by atoms with van der Waals surface area (Å²) in [5.41, 5.74) is 1.08. The zero-order chi connectivity index (χ0) is 14.5. The molecule has 108 valence electrons. The van der Waals surface area contributed by atoms with Crippen LogP contribution < -0.4 is 0 Å². The number of nitrogens with zero attached hydrogens (tertiary/aromatic N) is 3. The van der Waals surface area contributed by atoms with E-state index in [-0.39, 0.29) is 11.9 Å². The molecule has 0 aliphatic carbocycles. The molecule has 4 nitrogen and oxygen atoms in total. The van der Waals surface area contributed by atoms with Gasteiger partial charge in [0.15, 0.2) is 0 Å². The molecule has 0 radical (unpaired) electrons. The van der Waals surface area contributed by atoms with Crippen molar-refractivity contribution in [3.05, 3.63) is 35.1 Å². The lowest BCUT2D eigenvalue weighted by molar-refractivity contribution is -0.0409. The molecule has 1 atom stereocenters. The third kappa shape index (κ3) is 4.01. The fourth-order valence-corrected chi connectivity index (χ4v) is 2.45. The van der Waals surface area contributed by atoms with Crippen LogP contribution in [0, 0.1) is 17.1 Å². The van der Waals surface area contributed by atoms with Crippen molar-refractivity contribution in [2.75, 3.05) is 40.3 Å². The summed E-state index contributed by atoms with van der Waals surface area (Å²) in [5, 5.41) is 8.89. The largest absolute Gasteiger partial charge is 0.374 e. The van der Waals surface area contributed by atoms with Gasteiger partial charge >= 0.3 is 0 Å². The Labute approximate surface area is 119 Å². The van der Waals surface area contributed by atoms with E-state index in [9.17, 15) is 4.39 Å². The van der Waals surface area contributed by atoms with Gasteiger partial charge in [0, 0.05) is 31.7 Å². The second kappa shape index (κ2) is 6.80. The van der Waals surface area contributed by atoms with E-state index in [2.05, 4.69) is 15.9 Å². The first kappa shape index (κ1) is 14.9. The topological polar surface area (TPSA) is 39.5 Å². The Hall–Kier alpha value is -1.48. The van der Waals surface area contributed by atoms with E-state index < -0.39 is 0 Å². The highest BCUT2D eigenvalue weighted by molar-refractivity contribution is 5.33. The molecule has 1 unspecified atom stereocenters. The molecule has 20 heavy (non-hydrogen) atoms. The molecule has 1 aromatic rings. The number of likely N-dealkylation sites (N-methyl/N-ethyl adjacent to an activating group) is 1. The van der Waals surface area contributed by atoms with Crippen LogP contribution in [0.25, 0.3) is 0 Å². The van der Waals surface area contributed by atoms with Crippen LogP contribution in [0.15, 0.2) is 18.2 Å². The minimum Gasteiger partial charge on any atom is -0.374 e. The van der Waals surface area contributed by atoms with Crippen LogP contribution in [0.2, 0.25) is 0 Å². The number of nitriles is 1.